The zero-order chi connectivity index (χ0) is 12.4. The molecular formula is C13H12ClNO2. The van der Waals surface area contributed by atoms with Gasteiger partial charge >= 0.3 is 5.97 Å². The number of carbonyl (C=O) groups excluding carboxylic acids is 1. The van der Waals surface area contributed by atoms with Gasteiger partial charge in [0, 0.05) is 11.2 Å². The van der Waals surface area contributed by atoms with Gasteiger partial charge in [0.25, 0.3) is 0 Å². The minimum absolute atomic E-state index is 0.339. The molecule has 0 saturated carbocycles. The van der Waals surface area contributed by atoms with Gasteiger partial charge in [0.2, 0.25) is 0 Å². The molecule has 0 aliphatic carbocycles. The zero-order valence-electron chi connectivity index (χ0n) is 9.58. The fraction of sp³-hybridized carbons (Fsp3) is 0.154. The van der Waals surface area contributed by atoms with Crippen molar-refractivity contribution < 1.29 is 9.53 Å². The third-order valence-electron chi connectivity index (χ3n) is 2.60. The number of methoxy groups -OCH3 is 1. The largest absolute Gasteiger partial charge is 0.465 e. The standard InChI is InChI=1S/C13H12ClNO2/c1-8-7-15-12(11(8)13(16)17-2)9-3-5-10(14)6-4-9/h3-7,15H,1-2H3. The first-order chi connectivity index (χ1) is 8.13. The molecule has 88 valence electrons. The van der Waals surface area contributed by atoms with E-state index in [1.54, 1.807) is 18.3 Å². The Hall–Kier alpha value is -1.74. The molecule has 1 aromatic heterocycles. The number of aromatic nitrogens is 1. The van der Waals surface area contributed by atoms with E-state index in [1.165, 1.54) is 7.11 Å². The van der Waals surface area contributed by atoms with Gasteiger partial charge in [-0.15, -0.1) is 0 Å². The monoisotopic (exact) mass is 249 g/mol. The van der Waals surface area contributed by atoms with Crippen LogP contribution in [0.4, 0.5) is 0 Å². The lowest BCUT2D eigenvalue weighted by Gasteiger charge is -2.04. The average Bonchev–Trinajstić information content (AvgIpc) is 2.71. The summed E-state index contributed by atoms with van der Waals surface area (Å²) in [4.78, 5) is 14.8. The molecule has 17 heavy (non-hydrogen) atoms. The van der Waals surface area contributed by atoms with Gasteiger partial charge in [0.05, 0.1) is 18.4 Å². The number of esters is 1. The number of rotatable bonds is 2. The van der Waals surface area contributed by atoms with Gasteiger partial charge in [-0.3, -0.25) is 0 Å². The van der Waals surface area contributed by atoms with E-state index >= 15 is 0 Å². The van der Waals surface area contributed by atoms with Gasteiger partial charge in [-0.1, -0.05) is 23.7 Å². The minimum Gasteiger partial charge on any atom is -0.465 e. The average molecular weight is 250 g/mol. The summed E-state index contributed by atoms with van der Waals surface area (Å²) < 4.78 is 4.78. The highest BCUT2D eigenvalue weighted by atomic mass is 35.5. The maximum atomic E-state index is 11.7. The summed E-state index contributed by atoms with van der Waals surface area (Å²) in [5.41, 5.74) is 3.09. The van der Waals surface area contributed by atoms with Crippen molar-refractivity contribution >= 4 is 17.6 Å². The minimum atomic E-state index is -0.339. The van der Waals surface area contributed by atoms with E-state index in [1.807, 2.05) is 19.1 Å². The van der Waals surface area contributed by atoms with Crippen LogP contribution in [0.5, 0.6) is 0 Å². The molecule has 2 rings (SSSR count). The highest BCUT2D eigenvalue weighted by Crippen LogP contribution is 2.26. The van der Waals surface area contributed by atoms with Crippen LogP contribution < -0.4 is 0 Å². The molecule has 0 atom stereocenters. The molecule has 0 amide bonds. The predicted octanol–water partition coefficient (Wildman–Crippen LogP) is 3.43. The number of halogens is 1. The fourth-order valence-electron chi connectivity index (χ4n) is 1.73. The smallest absolute Gasteiger partial charge is 0.340 e. The molecule has 3 nitrogen and oxygen atoms in total. The maximum Gasteiger partial charge on any atom is 0.340 e. The number of nitrogens with one attached hydrogen (secondary N) is 1. The molecule has 0 spiro atoms. The molecule has 0 bridgehead atoms. The number of hydrogen-bond acceptors (Lipinski definition) is 2. The Balaban J connectivity index is 2.52. The van der Waals surface area contributed by atoms with Crippen LogP contribution in [0.25, 0.3) is 11.3 Å². The summed E-state index contributed by atoms with van der Waals surface area (Å²) in [5, 5.41) is 0.664. The second kappa shape index (κ2) is 4.63. The van der Waals surface area contributed by atoms with Crippen LogP contribution in [-0.4, -0.2) is 18.1 Å². The van der Waals surface area contributed by atoms with E-state index < -0.39 is 0 Å². The number of benzene rings is 1. The number of aromatic amines is 1. The molecule has 0 fully saturated rings. The summed E-state index contributed by atoms with van der Waals surface area (Å²) in [6, 6.07) is 7.29. The Kier molecular flexibility index (Phi) is 3.20. The molecule has 1 aromatic carbocycles. The fourth-order valence-corrected chi connectivity index (χ4v) is 1.86. The van der Waals surface area contributed by atoms with Crippen molar-refractivity contribution in [2.45, 2.75) is 6.92 Å². The van der Waals surface area contributed by atoms with Gasteiger partial charge in [-0.05, 0) is 30.2 Å². The maximum absolute atomic E-state index is 11.7. The predicted molar refractivity (Wildman–Crippen MR) is 67.3 cm³/mol. The van der Waals surface area contributed by atoms with E-state index in [-0.39, 0.29) is 5.97 Å². The van der Waals surface area contributed by atoms with Crippen molar-refractivity contribution in [2.24, 2.45) is 0 Å². The molecule has 0 saturated heterocycles. The van der Waals surface area contributed by atoms with E-state index in [9.17, 15) is 4.79 Å². The third kappa shape index (κ3) is 2.19. The van der Waals surface area contributed by atoms with E-state index in [0.717, 1.165) is 16.8 Å². The van der Waals surface area contributed by atoms with Crippen LogP contribution in [0.2, 0.25) is 5.02 Å². The third-order valence-corrected chi connectivity index (χ3v) is 2.85. The molecule has 0 aliphatic rings. The van der Waals surface area contributed by atoms with Crippen molar-refractivity contribution in [3.05, 3.63) is 46.6 Å². The highest BCUT2D eigenvalue weighted by molar-refractivity contribution is 6.30. The first kappa shape index (κ1) is 11.7. The summed E-state index contributed by atoms with van der Waals surface area (Å²) >= 11 is 5.83. The molecule has 0 aliphatic heterocycles. The Morgan fingerprint density at radius 2 is 1.94 bits per heavy atom. The number of carbonyl (C=O) groups is 1. The van der Waals surface area contributed by atoms with Crippen molar-refractivity contribution in [3.8, 4) is 11.3 Å². The second-order valence-corrected chi connectivity index (χ2v) is 4.16. The first-order valence-electron chi connectivity index (χ1n) is 5.15. The van der Waals surface area contributed by atoms with Gasteiger partial charge in [-0.25, -0.2) is 4.79 Å². The molecule has 1 heterocycles. The lowest BCUT2D eigenvalue weighted by atomic mass is 10.1. The summed E-state index contributed by atoms with van der Waals surface area (Å²) in [7, 11) is 1.38. The highest BCUT2D eigenvalue weighted by Gasteiger charge is 2.17. The Morgan fingerprint density at radius 3 is 2.53 bits per heavy atom. The SMILES string of the molecule is COC(=O)c1c(C)c[nH]c1-c1ccc(Cl)cc1. The van der Waals surface area contributed by atoms with Crippen molar-refractivity contribution in [1.82, 2.24) is 4.98 Å². The summed E-state index contributed by atoms with van der Waals surface area (Å²) in [5.74, 6) is -0.339. The number of H-pyrrole nitrogens is 1. The topological polar surface area (TPSA) is 42.1 Å². The number of ether oxygens (including phenoxy) is 1. The zero-order valence-corrected chi connectivity index (χ0v) is 10.3. The molecule has 1 N–H and O–H groups in total. The van der Waals surface area contributed by atoms with Gasteiger partial charge in [0.1, 0.15) is 0 Å². The van der Waals surface area contributed by atoms with E-state index in [4.69, 9.17) is 16.3 Å². The van der Waals surface area contributed by atoms with Gasteiger partial charge < -0.3 is 9.72 Å². The summed E-state index contributed by atoms with van der Waals surface area (Å²) in [6.45, 7) is 1.86. The van der Waals surface area contributed by atoms with Crippen molar-refractivity contribution in [1.29, 1.82) is 0 Å². The second-order valence-electron chi connectivity index (χ2n) is 3.72. The van der Waals surface area contributed by atoms with Crippen molar-refractivity contribution in [3.63, 3.8) is 0 Å². The van der Waals surface area contributed by atoms with Gasteiger partial charge in [0.15, 0.2) is 0 Å². The van der Waals surface area contributed by atoms with Gasteiger partial charge in [-0.2, -0.15) is 0 Å². The van der Waals surface area contributed by atoms with Crippen LogP contribution in [0.3, 0.4) is 0 Å². The lowest BCUT2D eigenvalue weighted by molar-refractivity contribution is 0.0601. The lowest BCUT2D eigenvalue weighted by Crippen LogP contribution is -2.03. The van der Waals surface area contributed by atoms with Crippen LogP contribution in [0.15, 0.2) is 30.5 Å². The molecule has 4 heteroatoms. The molecule has 0 radical (unpaired) electrons. The normalized spacial score (nSPS) is 10.3. The van der Waals surface area contributed by atoms with Crippen LogP contribution >= 0.6 is 11.6 Å². The van der Waals surface area contributed by atoms with E-state index in [0.29, 0.717) is 10.6 Å². The summed E-state index contributed by atoms with van der Waals surface area (Å²) in [6.07, 6.45) is 1.79. The quantitative estimate of drug-likeness (QED) is 0.829. The molecule has 0 unspecified atom stereocenters. The van der Waals surface area contributed by atoms with Crippen molar-refractivity contribution in [2.75, 3.05) is 7.11 Å². The number of hydrogen-bond donors (Lipinski definition) is 1. The molecule has 2 aromatic rings. The van der Waals surface area contributed by atoms with Crippen LogP contribution in [0, 0.1) is 6.92 Å². The van der Waals surface area contributed by atoms with Crippen LogP contribution in [-0.2, 0) is 4.74 Å². The Labute approximate surface area is 104 Å². The Morgan fingerprint density at radius 1 is 1.29 bits per heavy atom. The van der Waals surface area contributed by atoms with E-state index in [2.05, 4.69) is 4.98 Å². The molecular weight excluding hydrogens is 238 g/mol. The number of aryl methyl sites for hydroxylation is 1. The first-order valence-corrected chi connectivity index (χ1v) is 5.53. The van der Waals surface area contributed by atoms with Crippen LogP contribution in [0.1, 0.15) is 15.9 Å². The Bertz CT molecular complexity index is 543.